The van der Waals surface area contributed by atoms with E-state index in [9.17, 15) is 9.90 Å². The van der Waals surface area contributed by atoms with Gasteiger partial charge in [0, 0.05) is 16.3 Å². The second kappa shape index (κ2) is 11.3. The summed E-state index contributed by atoms with van der Waals surface area (Å²) >= 11 is 1.73. The number of hydrogen-bond donors (Lipinski definition) is 2. The highest BCUT2D eigenvalue weighted by atomic mass is 32.1. The van der Waals surface area contributed by atoms with E-state index in [1.54, 1.807) is 18.3 Å². The van der Waals surface area contributed by atoms with Crippen LogP contribution in [-0.2, 0) is 27.2 Å². The molecule has 186 valence electrons. The van der Waals surface area contributed by atoms with Crippen LogP contribution < -0.4 is 5.32 Å². The number of carboxylic acid groups (broad SMARTS) is 1. The maximum absolute atomic E-state index is 11.5. The summed E-state index contributed by atoms with van der Waals surface area (Å²) in [6, 6.07) is 12.7. The fourth-order valence-corrected chi connectivity index (χ4v) is 5.25. The summed E-state index contributed by atoms with van der Waals surface area (Å²) in [4.78, 5) is 25.1. The Hall–Kier alpha value is -2.85. The monoisotopic (exact) mass is 496 g/mol. The molecular weight excluding hydrogens is 464 g/mol. The minimum absolute atomic E-state index is 0.0657. The fraction of sp³-hybridized carbons (Fsp3) is 0.423. The van der Waals surface area contributed by atoms with Gasteiger partial charge in [0.1, 0.15) is 11.6 Å². The molecule has 0 amide bonds. The molecule has 0 saturated carbocycles. The molecule has 2 aromatic heterocycles. The van der Waals surface area contributed by atoms with Gasteiger partial charge in [-0.1, -0.05) is 24.3 Å². The van der Waals surface area contributed by atoms with Crippen molar-refractivity contribution in [2.24, 2.45) is 0 Å². The van der Waals surface area contributed by atoms with Gasteiger partial charge in [-0.25, -0.2) is 9.97 Å². The maximum atomic E-state index is 11.5. The number of benzene rings is 1. The van der Waals surface area contributed by atoms with E-state index in [1.165, 1.54) is 16.0 Å². The minimum atomic E-state index is -0.960. The summed E-state index contributed by atoms with van der Waals surface area (Å²) < 4.78 is 11.6. The molecule has 1 aliphatic heterocycles. The molecule has 2 N–H and O–H groups in total. The number of rotatable bonds is 9. The fourth-order valence-electron chi connectivity index (χ4n) is 4.18. The first-order valence-corrected chi connectivity index (χ1v) is 12.5. The highest BCUT2D eigenvalue weighted by molar-refractivity contribution is 7.15. The van der Waals surface area contributed by atoms with Crippen molar-refractivity contribution in [3.05, 3.63) is 63.9 Å². The first-order valence-electron chi connectivity index (χ1n) is 11.7. The molecule has 35 heavy (non-hydrogen) atoms. The average Bonchev–Trinajstić information content (AvgIpc) is 3.29. The first-order chi connectivity index (χ1) is 16.8. The number of ether oxygens (including phenoxy) is 2. The third-order valence-corrected chi connectivity index (χ3v) is 7.00. The molecule has 3 aromatic rings. The predicted molar refractivity (Wildman–Crippen MR) is 137 cm³/mol. The molecule has 0 spiro atoms. The van der Waals surface area contributed by atoms with Crippen molar-refractivity contribution in [3.8, 4) is 10.4 Å². The summed E-state index contributed by atoms with van der Waals surface area (Å²) in [6.07, 6.45) is -0.119. The van der Waals surface area contributed by atoms with Crippen molar-refractivity contribution in [1.29, 1.82) is 0 Å². The Bertz CT molecular complexity index is 1170. The van der Waals surface area contributed by atoms with Gasteiger partial charge in [-0.15, -0.1) is 11.3 Å². The Morgan fingerprint density at radius 3 is 2.66 bits per heavy atom. The van der Waals surface area contributed by atoms with Crippen LogP contribution in [0.25, 0.3) is 10.4 Å². The third kappa shape index (κ3) is 6.24. The number of carbonyl (C=O) groups is 1. The van der Waals surface area contributed by atoms with Gasteiger partial charge in [0.05, 0.1) is 36.9 Å². The van der Waals surface area contributed by atoms with Crippen molar-refractivity contribution < 1.29 is 19.4 Å². The molecule has 0 aliphatic carbocycles. The lowest BCUT2D eigenvalue weighted by atomic mass is 10.1. The minimum Gasteiger partial charge on any atom is -0.481 e. The number of thiophene rings is 1. The SMILES string of the molecule is Cc1nc(CC(=O)O)c(C2OCCCO2)c(NC(C)c2ccc(-c3ccccc3CN(C)C)s2)n1. The standard InChI is InChI=1S/C26H32N4O4S/c1-16(21-10-11-22(35-21)19-9-6-5-8-18(19)15-30(3)4)27-25-24(26-33-12-7-13-34-26)20(14-23(31)32)28-17(2)29-25/h5-6,8-11,16,26H,7,12-15H2,1-4H3,(H,31,32)(H,27,28,29). The lowest BCUT2D eigenvalue weighted by Crippen LogP contribution is -2.23. The quantitative estimate of drug-likeness (QED) is 0.436. The van der Waals surface area contributed by atoms with Gasteiger partial charge in [0.2, 0.25) is 0 Å². The lowest BCUT2D eigenvalue weighted by Gasteiger charge is -2.27. The number of aliphatic carboxylic acids is 1. The summed E-state index contributed by atoms with van der Waals surface area (Å²) in [5.41, 5.74) is 3.50. The zero-order valence-electron chi connectivity index (χ0n) is 20.6. The molecule has 1 fully saturated rings. The van der Waals surface area contributed by atoms with Crippen LogP contribution in [0.1, 0.15) is 53.2 Å². The van der Waals surface area contributed by atoms with E-state index in [-0.39, 0.29) is 12.5 Å². The molecule has 1 saturated heterocycles. The van der Waals surface area contributed by atoms with Gasteiger partial charge in [-0.3, -0.25) is 4.79 Å². The van der Waals surface area contributed by atoms with Crippen LogP contribution in [0.2, 0.25) is 0 Å². The topological polar surface area (TPSA) is 96.8 Å². The van der Waals surface area contributed by atoms with E-state index >= 15 is 0 Å². The van der Waals surface area contributed by atoms with Crippen LogP contribution >= 0.6 is 11.3 Å². The third-order valence-electron chi connectivity index (χ3n) is 5.69. The number of aromatic nitrogens is 2. The van der Waals surface area contributed by atoms with E-state index in [0.29, 0.717) is 36.1 Å². The van der Waals surface area contributed by atoms with Crippen LogP contribution in [0.3, 0.4) is 0 Å². The smallest absolute Gasteiger partial charge is 0.309 e. The molecule has 1 atom stereocenters. The molecule has 3 heterocycles. The van der Waals surface area contributed by atoms with E-state index in [4.69, 9.17) is 9.47 Å². The normalized spacial score (nSPS) is 15.3. The molecule has 1 unspecified atom stereocenters. The molecule has 9 heteroatoms. The van der Waals surface area contributed by atoms with E-state index in [0.717, 1.165) is 17.8 Å². The van der Waals surface area contributed by atoms with Crippen molar-refractivity contribution in [2.75, 3.05) is 32.6 Å². The van der Waals surface area contributed by atoms with Gasteiger partial charge in [0.15, 0.2) is 6.29 Å². The second-order valence-electron chi connectivity index (χ2n) is 8.94. The van der Waals surface area contributed by atoms with E-state index in [1.807, 2.05) is 0 Å². The van der Waals surface area contributed by atoms with Gasteiger partial charge < -0.3 is 24.8 Å². The molecule has 1 aliphatic rings. The molecule has 1 aromatic carbocycles. The highest BCUT2D eigenvalue weighted by Gasteiger charge is 2.28. The first kappa shape index (κ1) is 25.2. The average molecular weight is 497 g/mol. The van der Waals surface area contributed by atoms with Crippen LogP contribution in [0.4, 0.5) is 5.82 Å². The van der Waals surface area contributed by atoms with Crippen molar-refractivity contribution in [1.82, 2.24) is 14.9 Å². The summed E-state index contributed by atoms with van der Waals surface area (Å²) in [5, 5.41) is 12.9. The predicted octanol–water partition coefficient (Wildman–Crippen LogP) is 4.81. The zero-order valence-corrected chi connectivity index (χ0v) is 21.4. The summed E-state index contributed by atoms with van der Waals surface area (Å²) in [5.74, 6) is 0.0922. The van der Waals surface area contributed by atoms with Crippen molar-refractivity contribution >= 4 is 23.1 Å². The molecule has 4 rings (SSSR count). The summed E-state index contributed by atoms with van der Waals surface area (Å²) in [6.45, 7) is 5.79. The maximum Gasteiger partial charge on any atom is 0.309 e. The molecule has 8 nitrogen and oxygen atoms in total. The van der Waals surface area contributed by atoms with Gasteiger partial charge in [0.25, 0.3) is 0 Å². The van der Waals surface area contributed by atoms with Gasteiger partial charge >= 0.3 is 5.97 Å². The number of aryl methyl sites for hydroxylation is 1. The van der Waals surface area contributed by atoms with Crippen LogP contribution in [0.15, 0.2) is 36.4 Å². The Kier molecular flexibility index (Phi) is 8.12. The number of nitrogens with one attached hydrogen (secondary N) is 1. The van der Waals surface area contributed by atoms with Gasteiger partial charge in [-0.05, 0) is 57.6 Å². The highest BCUT2D eigenvalue weighted by Crippen LogP contribution is 2.37. The number of carboxylic acids is 1. The van der Waals surface area contributed by atoms with E-state index in [2.05, 4.69) is 77.6 Å². The Balaban J connectivity index is 1.63. The van der Waals surface area contributed by atoms with E-state index < -0.39 is 12.3 Å². The summed E-state index contributed by atoms with van der Waals surface area (Å²) in [7, 11) is 4.14. The second-order valence-corrected chi connectivity index (χ2v) is 10.1. The Morgan fingerprint density at radius 2 is 1.94 bits per heavy atom. The molecular formula is C26H32N4O4S. The van der Waals surface area contributed by atoms with Crippen LogP contribution in [0.5, 0.6) is 0 Å². The molecule has 0 radical (unpaired) electrons. The van der Waals surface area contributed by atoms with Crippen LogP contribution in [-0.4, -0.2) is 53.3 Å². The van der Waals surface area contributed by atoms with Crippen molar-refractivity contribution in [2.45, 2.75) is 45.6 Å². The number of hydrogen-bond acceptors (Lipinski definition) is 8. The van der Waals surface area contributed by atoms with Crippen LogP contribution in [0, 0.1) is 6.92 Å². The molecule has 0 bridgehead atoms. The lowest BCUT2D eigenvalue weighted by molar-refractivity contribution is -0.183. The van der Waals surface area contributed by atoms with Gasteiger partial charge in [-0.2, -0.15) is 0 Å². The zero-order chi connectivity index (χ0) is 24.9. The number of nitrogens with zero attached hydrogens (tertiary/aromatic N) is 3. The van der Waals surface area contributed by atoms with Crippen molar-refractivity contribution in [3.63, 3.8) is 0 Å². The Labute approximate surface area is 209 Å². The Morgan fingerprint density at radius 1 is 1.20 bits per heavy atom. The number of anilines is 1. The largest absolute Gasteiger partial charge is 0.481 e.